The van der Waals surface area contributed by atoms with Gasteiger partial charge in [-0.1, -0.05) is 17.3 Å². The van der Waals surface area contributed by atoms with Crippen molar-refractivity contribution in [3.05, 3.63) is 81.6 Å². The van der Waals surface area contributed by atoms with E-state index in [-0.39, 0.29) is 42.9 Å². The van der Waals surface area contributed by atoms with E-state index >= 15 is 0 Å². The summed E-state index contributed by atoms with van der Waals surface area (Å²) in [4.78, 5) is 65.6. The second kappa shape index (κ2) is 17.2. The van der Waals surface area contributed by atoms with E-state index in [9.17, 15) is 19.2 Å². The Kier molecular flexibility index (Phi) is 11.4. The van der Waals surface area contributed by atoms with E-state index in [4.69, 9.17) is 29.1 Å². The first-order chi connectivity index (χ1) is 30.1. The number of benzene rings is 2. The Morgan fingerprint density at radius 2 is 1.81 bits per heavy atom. The number of amides is 2. The molecule has 0 saturated heterocycles. The highest BCUT2D eigenvalue weighted by molar-refractivity contribution is 6.14. The van der Waals surface area contributed by atoms with Crippen molar-refractivity contribution in [1.82, 2.24) is 40.1 Å². The van der Waals surface area contributed by atoms with Crippen LogP contribution in [0.4, 0.5) is 11.6 Å². The molecule has 1 aliphatic heterocycles. The summed E-state index contributed by atoms with van der Waals surface area (Å²) in [6, 6.07) is 11.4. The fourth-order valence-electron chi connectivity index (χ4n) is 8.86. The summed E-state index contributed by atoms with van der Waals surface area (Å²) in [7, 11) is 0. The normalized spacial score (nSPS) is 16.5. The van der Waals surface area contributed by atoms with Crippen molar-refractivity contribution in [3.8, 4) is 11.1 Å². The summed E-state index contributed by atoms with van der Waals surface area (Å²) in [6.07, 6.45) is 4.38. The number of hydrogen-bond donors (Lipinski definition) is 3. The molecule has 322 valence electrons. The number of anilines is 2. The third-order valence-electron chi connectivity index (χ3n) is 12.2. The fourth-order valence-corrected chi connectivity index (χ4v) is 8.86. The quantitative estimate of drug-likeness (QED) is 0.0660. The van der Waals surface area contributed by atoms with E-state index in [0.717, 1.165) is 92.8 Å². The number of fused-ring (bicyclic) bond motifs is 4. The van der Waals surface area contributed by atoms with Gasteiger partial charge < -0.3 is 34.5 Å². The molecule has 6 aromatic rings. The van der Waals surface area contributed by atoms with E-state index in [1.165, 1.54) is 0 Å². The second-order valence-electron chi connectivity index (χ2n) is 16.5. The number of aromatic amines is 1. The van der Waals surface area contributed by atoms with Crippen LogP contribution in [-0.2, 0) is 38.6 Å². The molecule has 0 spiro atoms. The summed E-state index contributed by atoms with van der Waals surface area (Å²) in [5.41, 5.74) is 8.89. The van der Waals surface area contributed by atoms with Crippen molar-refractivity contribution in [2.45, 2.75) is 97.7 Å². The Morgan fingerprint density at radius 1 is 0.984 bits per heavy atom. The minimum Gasteiger partial charge on any atom is -0.379 e. The van der Waals surface area contributed by atoms with E-state index < -0.39 is 11.9 Å². The van der Waals surface area contributed by atoms with Crippen LogP contribution < -0.4 is 10.6 Å². The summed E-state index contributed by atoms with van der Waals surface area (Å²) < 4.78 is 19.0. The largest absolute Gasteiger partial charge is 0.379 e. The first-order valence-electron chi connectivity index (χ1n) is 21.6. The zero-order valence-corrected chi connectivity index (χ0v) is 35.6. The molecule has 3 N–H and O–H groups in total. The van der Waals surface area contributed by atoms with Crippen LogP contribution in [0.25, 0.3) is 33.1 Å². The van der Waals surface area contributed by atoms with Gasteiger partial charge in [-0.3, -0.25) is 19.2 Å². The molecule has 9 rings (SSSR count). The van der Waals surface area contributed by atoms with E-state index in [1.807, 2.05) is 43.7 Å². The van der Waals surface area contributed by atoms with Crippen molar-refractivity contribution in [2.24, 2.45) is 0 Å². The molecule has 2 aromatic carbocycles. The van der Waals surface area contributed by atoms with Crippen LogP contribution in [0.1, 0.15) is 106 Å². The van der Waals surface area contributed by atoms with E-state index in [1.54, 1.807) is 4.90 Å². The molecule has 1 atom stereocenters. The molecule has 4 aromatic heterocycles. The molecule has 62 heavy (non-hydrogen) atoms. The third kappa shape index (κ3) is 8.11. The van der Waals surface area contributed by atoms with Crippen LogP contribution in [0.15, 0.2) is 40.9 Å². The van der Waals surface area contributed by atoms with Crippen LogP contribution in [0.5, 0.6) is 0 Å². The SMILES string of the molecule is CCn1nc(C2CC2)cc1Nc1nc(C(=O)NCCOCCOCCCc2cccc3c2CN(C2CCC(=O)CC2=O)C3=O)nc2[nH]c3cc(-c4c(C)noc4C)c(C)cc3c12. The molecule has 0 bridgehead atoms. The third-order valence-corrected chi connectivity index (χ3v) is 12.2. The Balaban J connectivity index is 0.799. The number of carbonyl (C=O) groups excluding carboxylic acids is 4. The molecule has 2 fully saturated rings. The van der Waals surface area contributed by atoms with Crippen LogP contribution in [0.2, 0.25) is 0 Å². The molecular formula is C46H51N9O7. The summed E-state index contributed by atoms with van der Waals surface area (Å²) >= 11 is 0. The molecule has 16 nitrogen and oxygen atoms in total. The molecule has 1 unspecified atom stereocenters. The molecule has 3 aliphatic rings. The van der Waals surface area contributed by atoms with Gasteiger partial charge in [-0.2, -0.15) is 5.10 Å². The van der Waals surface area contributed by atoms with Gasteiger partial charge in [0.05, 0.1) is 49.1 Å². The summed E-state index contributed by atoms with van der Waals surface area (Å²) in [5.74, 6) is 1.75. The highest BCUT2D eigenvalue weighted by atomic mass is 16.5. The maximum Gasteiger partial charge on any atom is 0.289 e. The van der Waals surface area contributed by atoms with Crippen molar-refractivity contribution >= 4 is 57.0 Å². The van der Waals surface area contributed by atoms with Crippen LogP contribution >= 0.6 is 0 Å². The highest BCUT2D eigenvalue weighted by Gasteiger charge is 2.39. The molecule has 2 aliphatic carbocycles. The van der Waals surface area contributed by atoms with Gasteiger partial charge in [0.15, 0.2) is 5.78 Å². The number of ketones is 2. The molecule has 5 heterocycles. The van der Waals surface area contributed by atoms with Gasteiger partial charge in [-0.15, -0.1) is 0 Å². The average Bonchev–Trinajstić information content (AvgIpc) is 3.64. The van der Waals surface area contributed by atoms with Gasteiger partial charge in [-0.25, -0.2) is 14.6 Å². The number of H-pyrrole nitrogens is 1. The topological polar surface area (TPSA) is 199 Å². The molecule has 16 heteroatoms. The Bertz CT molecular complexity index is 2710. The van der Waals surface area contributed by atoms with Crippen molar-refractivity contribution in [2.75, 3.05) is 38.3 Å². The number of Topliss-reactive ketones (excluding diaryl/α,β-unsaturated/α-hetero) is 2. The Morgan fingerprint density at radius 3 is 2.56 bits per heavy atom. The van der Waals surface area contributed by atoms with Crippen molar-refractivity contribution < 1.29 is 33.2 Å². The van der Waals surface area contributed by atoms with Gasteiger partial charge in [0.2, 0.25) is 5.82 Å². The van der Waals surface area contributed by atoms with Crippen molar-refractivity contribution in [3.63, 3.8) is 0 Å². The highest BCUT2D eigenvalue weighted by Crippen LogP contribution is 2.41. The second-order valence-corrected chi connectivity index (χ2v) is 16.5. The van der Waals surface area contributed by atoms with Gasteiger partial charge in [0.1, 0.15) is 28.8 Å². The Hall–Kier alpha value is -6.26. The number of rotatable bonds is 17. The van der Waals surface area contributed by atoms with Crippen LogP contribution in [0, 0.1) is 20.8 Å². The lowest BCUT2D eigenvalue weighted by molar-refractivity contribution is -0.133. The maximum atomic E-state index is 13.6. The Labute approximate surface area is 358 Å². The van der Waals surface area contributed by atoms with Crippen molar-refractivity contribution in [1.29, 1.82) is 0 Å². The number of aromatic nitrogens is 6. The smallest absolute Gasteiger partial charge is 0.289 e. The van der Waals surface area contributed by atoms with Crippen LogP contribution in [0.3, 0.4) is 0 Å². The molecular weight excluding hydrogens is 791 g/mol. The summed E-state index contributed by atoms with van der Waals surface area (Å²) in [5, 5.41) is 17.1. The monoisotopic (exact) mass is 841 g/mol. The van der Waals surface area contributed by atoms with Crippen LogP contribution in [-0.4, -0.2) is 97.2 Å². The number of ether oxygens (including phenoxy) is 2. The van der Waals surface area contributed by atoms with Gasteiger partial charge >= 0.3 is 0 Å². The summed E-state index contributed by atoms with van der Waals surface area (Å²) in [6.45, 7) is 10.8. The molecule has 2 saturated carbocycles. The van der Waals surface area contributed by atoms with Gasteiger partial charge in [0.25, 0.3) is 11.8 Å². The number of aryl methyl sites for hydroxylation is 5. The van der Waals surface area contributed by atoms with Gasteiger partial charge in [-0.05, 0) is 100 Å². The minimum atomic E-state index is -0.530. The number of hydrogen-bond acceptors (Lipinski definition) is 12. The number of carbonyl (C=O) groups is 4. The van der Waals surface area contributed by atoms with E-state index in [0.29, 0.717) is 68.7 Å². The minimum absolute atomic E-state index is 0.0163. The standard InChI is InChI=1S/C46H51N9O7/c1-5-55-39(23-35(52-55)29-11-12-29)49-43-41-33-20-25(2)32(40-26(3)53-62-27(40)4)22-36(33)48-42(41)50-44(51-43)45(58)47-15-17-61-19-18-60-16-7-9-28-8-6-10-31-34(28)24-54(46(31)59)37-14-13-30(56)21-38(37)57/h6,8,10,20,22-23,29,37H,5,7,9,11-19,21,24H2,1-4H3,(H,47,58)(H2,48,49,50,51). The maximum absolute atomic E-state index is 13.6. The number of nitrogens with zero attached hydrogens (tertiary/aromatic N) is 6. The zero-order valence-electron chi connectivity index (χ0n) is 35.6. The lowest BCUT2D eigenvalue weighted by Crippen LogP contribution is -2.44. The average molecular weight is 842 g/mol. The lowest BCUT2D eigenvalue weighted by atomic mass is 9.92. The predicted molar refractivity (Wildman–Crippen MR) is 231 cm³/mol. The van der Waals surface area contributed by atoms with Gasteiger partial charge in [0, 0.05) is 66.7 Å². The fraction of sp³-hybridized carbons (Fsp3) is 0.435. The molecule has 0 radical (unpaired) electrons. The lowest BCUT2D eigenvalue weighted by Gasteiger charge is -2.29. The first kappa shape index (κ1) is 41.1. The molecule has 2 amide bonds. The predicted octanol–water partition coefficient (Wildman–Crippen LogP) is 6.57. The van der Waals surface area contributed by atoms with E-state index in [2.05, 4.69) is 45.9 Å². The number of nitrogens with one attached hydrogen (secondary N) is 3. The first-order valence-corrected chi connectivity index (χ1v) is 21.6. The zero-order chi connectivity index (χ0) is 43.1.